The topological polar surface area (TPSA) is 90.0 Å². The molecule has 8 heteroatoms. The fourth-order valence-electron chi connectivity index (χ4n) is 1.77. The van der Waals surface area contributed by atoms with Gasteiger partial charge < -0.3 is 0 Å². The minimum absolute atomic E-state index is 0.404. The van der Waals surface area contributed by atoms with E-state index in [2.05, 4.69) is 10.5 Å². The Bertz CT molecular complexity index is 526. The van der Waals surface area contributed by atoms with Crippen LogP contribution in [0.15, 0.2) is 0 Å². The standard InChI is InChI=1S/C10H19ClN4O2S/c1-6-10(11)9(15(3)14-6)5-8(13-12)7(2)18(4,16)17/h7-8,13H,5,12H2,1-4H3. The molecule has 0 spiro atoms. The molecule has 0 radical (unpaired) electrons. The van der Waals surface area contributed by atoms with Crippen LogP contribution in [0, 0.1) is 6.92 Å². The minimum atomic E-state index is -3.17. The summed E-state index contributed by atoms with van der Waals surface area (Å²) < 4.78 is 24.7. The number of halogens is 1. The molecule has 18 heavy (non-hydrogen) atoms. The van der Waals surface area contributed by atoms with E-state index in [1.807, 2.05) is 0 Å². The Kier molecular flexibility index (Phi) is 4.77. The van der Waals surface area contributed by atoms with Crippen LogP contribution in [-0.2, 0) is 23.3 Å². The van der Waals surface area contributed by atoms with Crippen LogP contribution in [0.3, 0.4) is 0 Å². The molecule has 0 fully saturated rings. The number of hydrogen-bond donors (Lipinski definition) is 2. The van der Waals surface area contributed by atoms with Crippen molar-refractivity contribution < 1.29 is 8.42 Å². The zero-order chi connectivity index (χ0) is 14.1. The molecule has 0 aliphatic rings. The van der Waals surface area contributed by atoms with Gasteiger partial charge in [0, 0.05) is 25.8 Å². The molecular weight excluding hydrogens is 276 g/mol. The van der Waals surface area contributed by atoms with Crippen molar-refractivity contribution in [1.82, 2.24) is 15.2 Å². The Morgan fingerprint density at radius 2 is 2.11 bits per heavy atom. The summed E-state index contributed by atoms with van der Waals surface area (Å²) in [5.74, 6) is 5.44. The zero-order valence-corrected chi connectivity index (χ0v) is 12.5. The van der Waals surface area contributed by atoms with Crippen LogP contribution in [0.1, 0.15) is 18.3 Å². The number of nitrogens with zero attached hydrogens (tertiary/aromatic N) is 2. The van der Waals surface area contributed by atoms with Crippen molar-refractivity contribution in [2.24, 2.45) is 12.9 Å². The summed E-state index contributed by atoms with van der Waals surface area (Å²) in [6.07, 6.45) is 1.60. The highest BCUT2D eigenvalue weighted by atomic mass is 35.5. The minimum Gasteiger partial charge on any atom is -0.271 e. The first-order chi connectivity index (χ1) is 8.18. The highest BCUT2D eigenvalue weighted by molar-refractivity contribution is 7.91. The molecule has 1 aromatic rings. The first-order valence-corrected chi connectivity index (χ1v) is 7.84. The number of nitrogens with two attached hydrogens (primary N) is 1. The summed E-state index contributed by atoms with van der Waals surface area (Å²) in [6, 6.07) is -0.410. The molecule has 0 aromatic carbocycles. The second kappa shape index (κ2) is 5.56. The number of rotatable bonds is 5. The van der Waals surface area contributed by atoms with Gasteiger partial charge in [-0.1, -0.05) is 11.6 Å². The molecule has 2 unspecified atom stereocenters. The number of nitrogens with one attached hydrogen (secondary N) is 1. The quantitative estimate of drug-likeness (QED) is 0.598. The van der Waals surface area contributed by atoms with Crippen molar-refractivity contribution in [2.75, 3.05) is 6.26 Å². The summed E-state index contributed by atoms with van der Waals surface area (Å²) in [4.78, 5) is 0. The summed E-state index contributed by atoms with van der Waals surface area (Å²) in [5.41, 5.74) is 4.03. The fourth-order valence-corrected chi connectivity index (χ4v) is 2.78. The third kappa shape index (κ3) is 3.23. The van der Waals surface area contributed by atoms with Gasteiger partial charge in [-0.3, -0.25) is 16.0 Å². The third-order valence-electron chi connectivity index (χ3n) is 3.13. The molecule has 0 aliphatic carbocycles. The lowest BCUT2D eigenvalue weighted by molar-refractivity contribution is 0.482. The van der Waals surface area contributed by atoms with E-state index in [0.29, 0.717) is 11.4 Å². The summed E-state index contributed by atoms with van der Waals surface area (Å²) in [7, 11) is -1.40. The number of aryl methyl sites for hydroxylation is 2. The number of sulfone groups is 1. The molecule has 6 nitrogen and oxygen atoms in total. The number of hydrogen-bond acceptors (Lipinski definition) is 5. The van der Waals surface area contributed by atoms with E-state index < -0.39 is 21.1 Å². The van der Waals surface area contributed by atoms with E-state index >= 15 is 0 Å². The monoisotopic (exact) mass is 294 g/mol. The van der Waals surface area contributed by atoms with Crippen LogP contribution in [0.4, 0.5) is 0 Å². The van der Waals surface area contributed by atoms with Gasteiger partial charge in [0.2, 0.25) is 0 Å². The molecule has 2 atom stereocenters. The lowest BCUT2D eigenvalue weighted by Gasteiger charge is -2.21. The third-order valence-corrected chi connectivity index (χ3v) is 5.30. The van der Waals surface area contributed by atoms with Gasteiger partial charge in [0.15, 0.2) is 9.84 Å². The lowest BCUT2D eigenvalue weighted by Crippen LogP contribution is -2.47. The van der Waals surface area contributed by atoms with Gasteiger partial charge in [-0.15, -0.1) is 0 Å². The maximum atomic E-state index is 11.5. The van der Waals surface area contributed by atoms with Crippen molar-refractivity contribution in [3.05, 3.63) is 16.4 Å². The van der Waals surface area contributed by atoms with Crippen molar-refractivity contribution in [1.29, 1.82) is 0 Å². The summed E-state index contributed by atoms with van der Waals surface area (Å²) >= 11 is 6.13. The van der Waals surface area contributed by atoms with Gasteiger partial charge >= 0.3 is 0 Å². The second-order valence-corrected chi connectivity index (χ2v) is 7.26. The predicted octanol–water partition coefficient (Wildman–Crippen LogP) is 0.189. The molecular formula is C10H19ClN4O2S. The average Bonchev–Trinajstić information content (AvgIpc) is 2.49. The Morgan fingerprint density at radius 3 is 2.44 bits per heavy atom. The highest BCUT2D eigenvalue weighted by Gasteiger charge is 2.27. The van der Waals surface area contributed by atoms with E-state index in [1.54, 1.807) is 25.6 Å². The Morgan fingerprint density at radius 1 is 1.56 bits per heavy atom. The molecule has 1 rings (SSSR count). The second-order valence-electron chi connectivity index (χ2n) is 4.48. The zero-order valence-electron chi connectivity index (χ0n) is 10.9. The Balaban J connectivity index is 3.00. The van der Waals surface area contributed by atoms with Crippen LogP contribution in [-0.4, -0.2) is 35.7 Å². The van der Waals surface area contributed by atoms with E-state index in [-0.39, 0.29) is 0 Å². The Labute approximate surface area is 112 Å². The maximum absolute atomic E-state index is 11.5. The first kappa shape index (κ1) is 15.4. The van der Waals surface area contributed by atoms with Gasteiger partial charge in [-0.05, 0) is 13.8 Å². The van der Waals surface area contributed by atoms with Crippen molar-refractivity contribution in [3.8, 4) is 0 Å². The predicted molar refractivity (Wildman–Crippen MR) is 72.1 cm³/mol. The Hall–Kier alpha value is -0.630. The van der Waals surface area contributed by atoms with Crippen molar-refractivity contribution in [2.45, 2.75) is 31.6 Å². The van der Waals surface area contributed by atoms with Crippen LogP contribution >= 0.6 is 11.6 Å². The summed E-state index contributed by atoms with van der Waals surface area (Å²) in [5, 5.41) is 4.14. The number of hydrazine groups is 1. The van der Waals surface area contributed by atoms with Crippen LogP contribution < -0.4 is 11.3 Å². The molecule has 0 saturated carbocycles. The lowest BCUT2D eigenvalue weighted by atomic mass is 10.1. The molecule has 1 heterocycles. The molecule has 3 N–H and O–H groups in total. The highest BCUT2D eigenvalue weighted by Crippen LogP contribution is 2.22. The molecule has 1 aromatic heterocycles. The van der Waals surface area contributed by atoms with E-state index in [1.165, 1.54) is 6.26 Å². The van der Waals surface area contributed by atoms with Crippen LogP contribution in [0.25, 0.3) is 0 Å². The maximum Gasteiger partial charge on any atom is 0.151 e. The SMILES string of the molecule is Cc1nn(C)c(CC(NN)C(C)S(C)(=O)=O)c1Cl. The van der Waals surface area contributed by atoms with E-state index in [0.717, 1.165) is 11.4 Å². The smallest absolute Gasteiger partial charge is 0.151 e. The molecule has 0 aliphatic heterocycles. The van der Waals surface area contributed by atoms with Gasteiger partial charge in [0.1, 0.15) is 0 Å². The van der Waals surface area contributed by atoms with E-state index in [4.69, 9.17) is 17.4 Å². The van der Waals surface area contributed by atoms with Gasteiger partial charge in [0.05, 0.1) is 21.7 Å². The molecule has 0 saturated heterocycles. The normalized spacial score (nSPS) is 15.7. The largest absolute Gasteiger partial charge is 0.271 e. The van der Waals surface area contributed by atoms with Gasteiger partial charge in [-0.25, -0.2) is 8.42 Å². The van der Waals surface area contributed by atoms with Gasteiger partial charge in [-0.2, -0.15) is 5.10 Å². The first-order valence-electron chi connectivity index (χ1n) is 5.51. The molecule has 0 bridgehead atoms. The molecule has 104 valence electrons. The van der Waals surface area contributed by atoms with Crippen molar-refractivity contribution >= 4 is 21.4 Å². The summed E-state index contributed by atoms with van der Waals surface area (Å²) in [6.45, 7) is 3.42. The van der Waals surface area contributed by atoms with Crippen LogP contribution in [0.5, 0.6) is 0 Å². The van der Waals surface area contributed by atoms with Crippen molar-refractivity contribution in [3.63, 3.8) is 0 Å². The van der Waals surface area contributed by atoms with Gasteiger partial charge in [0.25, 0.3) is 0 Å². The van der Waals surface area contributed by atoms with E-state index in [9.17, 15) is 8.42 Å². The number of aromatic nitrogens is 2. The fraction of sp³-hybridized carbons (Fsp3) is 0.700. The van der Waals surface area contributed by atoms with Crippen LogP contribution in [0.2, 0.25) is 5.02 Å². The molecule has 0 amide bonds. The average molecular weight is 295 g/mol.